The second-order valence-electron chi connectivity index (χ2n) is 5.58. The zero-order valence-corrected chi connectivity index (χ0v) is 13.5. The number of aldehydes is 1. The van der Waals surface area contributed by atoms with Crippen LogP contribution in [0.2, 0.25) is 5.02 Å². The van der Waals surface area contributed by atoms with Crippen LogP contribution < -0.4 is 10.1 Å². The fourth-order valence-electron chi connectivity index (χ4n) is 2.93. The number of fused-ring (bicyclic) bond motifs is 1. The average Bonchev–Trinajstić information content (AvgIpc) is 3.07. The number of halogens is 1. The molecule has 0 radical (unpaired) electrons. The molecule has 1 N–H and O–H groups in total. The number of hydrogen-bond donors (Lipinski definition) is 1. The van der Waals surface area contributed by atoms with Gasteiger partial charge in [-0.1, -0.05) is 60.1 Å². The smallest absolute Gasteiger partial charge is 0.196 e. The van der Waals surface area contributed by atoms with E-state index >= 15 is 0 Å². The first kappa shape index (κ1) is 14.8. The molecule has 24 heavy (non-hydrogen) atoms. The van der Waals surface area contributed by atoms with Gasteiger partial charge in [-0.2, -0.15) is 0 Å². The minimum atomic E-state index is -0.241. The first-order chi connectivity index (χ1) is 11.8. The number of hydrogen-bond acceptors (Lipinski definition) is 3. The highest BCUT2D eigenvalue weighted by Gasteiger charge is 2.26. The van der Waals surface area contributed by atoms with Crippen LogP contribution in [0, 0.1) is 0 Å². The molecule has 1 heterocycles. The number of para-hydroxylation sites is 1. The lowest BCUT2D eigenvalue weighted by Crippen LogP contribution is -2.09. The van der Waals surface area contributed by atoms with Crippen molar-refractivity contribution in [2.75, 3.05) is 5.32 Å². The van der Waals surface area contributed by atoms with Gasteiger partial charge < -0.3 is 10.1 Å². The van der Waals surface area contributed by atoms with Gasteiger partial charge in [-0.15, -0.1) is 0 Å². The zero-order chi connectivity index (χ0) is 16.5. The molecule has 1 aliphatic heterocycles. The van der Waals surface area contributed by atoms with Crippen LogP contribution in [0.15, 0.2) is 66.7 Å². The van der Waals surface area contributed by atoms with Crippen molar-refractivity contribution in [3.63, 3.8) is 0 Å². The SMILES string of the molecule is O=Cc1cc(Cl)ccc1-c1cccc2c1OC(c1ccccc1)N2. The Bertz CT molecular complexity index is 909. The third-order valence-electron chi connectivity index (χ3n) is 4.07. The minimum absolute atomic E-state index is 0.241. The van der Waals surface area contributed by atoms with E-state index in [0.29, 0.717) is 10.6 Å². The van der Waals surface area contributed by atoms with Gasteiger partial charge in [0.15, 0.2) is 18.3 Å². The summed E-state index contributed by atoms with van der Waals surface area (Å²) in [6.45, 7) is 0. The predicted octanol–water partition coefficient (Wildman–Crippen LogP) is 5.32. The summed E-state index contributed by atoms with van der Waals surface area (Å²) in [5.41, 5.74) is 4.18. The number of carbonyl (C=O) groups excluding carboxylic acids is 1. The van der Waals surface area contributed by atoms with Crippen LogP contribution in [0.1, 0.15) is 22.1 Å². The molecule has 1 atom stereocenters. The summed E-state index contributed by atoms with van der Waals surface area (Å²) >= 11 is 6.00. The lowest BCUT2D eigenvalue weighted by atomic mass is 9.99. The third kappa shape index (κ3) is 2.53. The molecule has 4 rings (SSSR count). The summed E-state index contributed by atoms with van der Waals surface area (Å²) in [6.07, 6.45) is 0.576. The zero-order valence-electron chi connectivity index (χ0n) is 12.7. The molecular formula is C20H14ClNO2. The van der Waals surface area contributed by atoms with E-state index < -0.39 is 0 Å². The van der Waals surface area contributed by atoms with Gasteiger partial charge in [0.1, 0.15) is 0 Å². The number of rotatable bonds is 3. The highest BCUT2D eigenvalue weighted by Crippen LogP contribution is 2.45. The van der Waals surface area contributed by atoms with Crippen molar-refractivity contribution < 1.29 is 9.53 Å². The topological polar surface area (TPSA) is 38.3 Å². The highest BCUT2D eigenvalue weighted by molar-refractivity contribution is 6.31. The van der Waals surface area contributed by atoms with Gasteiger partial charge in [0.05, 0.1) is 5.69 Å². The van der Waals surface area contributed by atoms with Gasteiger partial charge in [-0.05, 0) is 23.8 Å². The summed E-state index contributed by atoms with van der Waals surface area (Å²) in [5.74, 6) is 0.747. The largest absolute Gasteiger partial charge is 0.464 e. The van der Waals surface area contributed by atoms with Crippen molar-refractivity contribution >= 4 is 23.6 Å². The van der Waals surface area contributed by atoms with Crippen molar-refractivity contribution in [3.8, 4) is 16.9 Å². The van der Waals surface area contributed by atoms with Crippen LogP contribution in [-0.2, 0) is 0 Å². The Labute approximate surface area is 144 Å². The molecular weight excluding hydrogens is 322 g/mol. The van der Waals surface area contributed by atoms with Crippen LogP contribution >= 0.6 is 11.6 Å². The Morgan fingerprint density at radius 1 is 0.958 bits per heavy atom. The number of ether oxygens (including phenoxy) is 1. The van der Waals surface area contributed by atoms with Gasteiger partial charge in [0, 0.05) is 21.7 Å². The molecule has 1 unspecified atom stereocenters. The molecule has 3 nitrogen and oxygen atoms in total. The lowest BCUT2D eigenvalue weighted by molar-refractivity contribution is 0.112. The minimum Gasteiger partial charge on any atom is -0.464 e. The highest BCUT2D eigenvalue weighted by atomic mass is 35.5. The van der Waals surface area contributed by atoms with E-state index in [0.717, 1.165) is 34.4 Å². The Kier molecular flexibility index (Phi) is 3.71. The molecule has 1 aliphatic rings. The first-order valence-corrected chi connectivity index (χ1v) is 8.00. The average molecular weight is 336 g/mol. The Hall–Kier alpha value is -2.78. The van der Waals surface area contributed by atoms with E-state index in [4.69, 9.17) is 16.3 Å². The van der Waals surface area contributed by atoms with Crippen molar-refractivity contribution in [1.29, 1.82) is 0 Å². The van der Waals surface area contributed by atoms with Crippen LogP contribution in [0.3, 0.4) is 0 Å². The molecule has 0 bridgehead atoms. The normalized spacial score (nSPS) is 15.3. The summed E-state index contributed by atoms with van der Waals surface area (Å²) in [7, 11) is 0. The number of anilines is 1. The summed E-state index contributed by atoms with van der Waals surface area (Å²) in [5, 5.41) is 3.91. The van der Waals surface area contributed by atoms with Crippen molar-refractivity contribution in [1.82, 2.24) is 0 Å². The lowest BCUT2D eigenvalue weighted by Gasteiger charge is -2.13. The molecule has 3 aromatic carbocycles. The second kappa shape index (κ2) is 6.02. The van der Waals surface area contributed by atoms with Crippen molar-refractivity contribution in [2.45, 2.75) is 6.23 Å². The van der Waals surface area contributed by atoms with E-state index in [1.807, 2.05) is 54.6 Å². The monoisotopic (exact) mass is 335 g/mol. The molecule has 0 amide bonds. The summed E-state index contributed by atoms with van der Waals surface area (Å²) in [4.78, 5) is 11.4. The van der Waals surface area contributed by atoms with Gasteiger partial charge in [-0.25, -0.2) is 0 Å². The molecule has 0 saturated heterocycles. The molecule has 0 saturated carbocycles. The van der Waals surface area contributed by atoms with Crippen LogP contribution in [0.5, 0.6) is 5.75 Å². The quantitative estimate of drug-likeness (QED) is 0.658. The molecule has 118 valence electrons. The van der Waals surface area contributed by atoms with Crippen molar-refractivity contribution in [2.24, 2.45) is 0 Å². The number of nitrogens with one attached hydrogen (secondary N) is 1. The fourth-order valence-corrected chi connectivity index (χ4v) is 3.11. The van der Waals surface area contributed by atoms with Crippen LogP contribution in [0.4, 0.5) is 5.69 Å². The van der Waals surface area contributed by atoms with Gasteiger partial charge in [0.25, 0.3) is 0 Å². The molecule has 3 aromatic rings. The maximum atomic E-state index is 11.4. The van der Waals surface area contributed by atoms with Crippen LogP contribution in [-0.4, -0.2) is 6.29 Å². The Balaban J connectivity index is 1.78. The second-order valence-corrected chi connectivity index (χ2v) is 6.02. The van der Waals surface area contributed by atoms with Crippen molar-refractivity contribution in [3.05, 3.63) is 82.9 Å². The molecule has 4 heteroatoms. The third-order valence-corrected chi connectivity index (χ3v) is 4.31. The Morgan fingerprint density at radius 3 is 2.58 bits per heavy atom. The number of carbonyl (C=O) groups is 1. The molecule has 0 aliphatic carbocycles. The summed E-state index contributed by atoms with van der Waals surface area (Å²) in [6, 6.07) is 21.1. The predicted molar refractivity (Wildman–Crippen MR) is 95.7 cm³/mol. The van der Waals surface area contributed by atoms with E-state index in [1.54, 1.807) is 12.1 Å². The molecule has 0 fully saturated rings. The first-order valence-electron chi connectivity index (χ1n) is 7.62. The maximum absolute atomic E-state index is 11.4. The van der Waals surface area contributed by atoms with Crippen LogP contribution in [0.25, 0.3) is 11.1 Å². The number of benzene rings is 3. The maximum Gasteiger partial charge on any atom is 0.196 e. The molecule has 0 spiro atoms. The van der Waals surface area contributed by atoms with E-state index in [2.05, 4.69) is 5.32 Å². The fraction of sp³-hybridized carbons (Fsp3) is 0.0500. The van der Waals surface area contributed by atoms with E-state index in [-0.39, 0.29) is 6.23 Å². The summed E-state index contributed by atoms with van der Waals surface area (Å²) < 4.78 is 6.15. The van der Waals surface area contributed by atoms with Gasteiger partial charge in [0.2, 0.25) is 0 Å². The van der Waals surface area contributed by atoms with Gasteiger partial charge in [-0.3, -0.25) is 4.79 Å². The van der Waals surface area contributed by atoms with Gasteiger partial charge >= 0.3 is 0 Å². The Morgan fingerprint density at radius 2 is 1.79 bits per heavy atom. The molecule has 0 aromatic heterocycles. The van der Waals surface area contributed by atoms with E-state index in [9.17, 15) is 4.79 Å². The standard InChI is InChI=1S/C20H14ClNO2/c21-15-9-10-16(14(11-15)12-23)17-7-4-8-18-19(17)24-20(22-18)13-5-2-1-3-6-13/h1-12,20,22H. The van der Waals surface area contributed by atoms with E-state index in [1.165, 1.54) is 0 Å².